The molecular formula is C12H17N5O. The number of hydrogen-bond donors (Lipinski definition) is 2. The fourth-order valence-corrected chi connectivity index (χ4v) is 1.47. The predicted octanol–water partition coefficient (Wildman–Crippen LogP) is 1.09. The van der Waals surface area contributed by atoms with Crippen LogP contribution in [0.1, 0.15) is 13.8 Å². The van der Waals surface area contributed by atoms with E-state index in [4.69, 9.17) is 0 Å². The largest absolute Gasteiger partial charge is 0.391 e. The zero-order chi connectivity index (χ0) is 13.0. The van der Waals surface area contributed by atoms with Crippen LogP contribution in [0.15, 0.2) is 30.3 Å². The number of anilines is 1. The molecule has 1 aromatic heterocycles. The molecule has 0 saturated carbocycles. The number of tetrazole rings is 1. The number of benzene rings is 1. The first-order chi connectivity index (χ1) is 8.68. The average molecular weight is 247 g/mol. The fraction of sp³-hybridized carbons (Fsp3) is 0.417. The summed E-state index contributed by atoms with van der Waals surface area (Å²) >= 11 is 0. The Balaban J connectivity index is 2.09. The fourth-order valence-electron chi connectivity index (χ4n) is 1.47. The Morgan fingerprint density at radius 2 is 2.00 bits per heavy atom. The number of para-hydroxylation sites is 1. The molecule has 2 rings (SSSR count). The van der Waals surface area contributed by atoms with E-state index in [2.05, 4.69) is 20.8 Å². The molecule has 6 heteroatoms. The van der Waals surface area contributed by atoms with Crippen LogP contribution in [0, 0.1) is 5.92 Å². The van der Waals surface area contributed by atoms with Crippen molar-refractivity contribution in [1.82, 2.24) is 20.2 Å². The second-order valence-corrected chi connectivity index (χ2v) is 4.44. The lowest BCUT2D eigenvalue weighted by Gasteiger charge is -2.15. The van der Waals surface area contributed by atoms with E-state index < -0.39 is 6.10 Å². The maximum absolute atomic E-state index is 9.75. The predicted molar refractivity (Wildman–Crippen MR) is 68.5 cm³/mol. The van der Waals surface area contributed by atoms with Crippen LogP contribution in [-0.4, -0.2) is 38.0 Å². The molecule has 6 nitrogen and oxygen atoms in total. The average Bonchev–Trinajstić information content (AvgIpc) is 2.85. The maximum Gasteiger partial charge on any atom is 0.247 e. The summed E-state index contributed by atoms with van der Waals surface area (Å²) in [5.74, 6) is 0.722. The van der Waals surface area contributed by atoms with Crippen molar-refractivity contribution in [2.24, 2.45) is 5.92 Å². The second kappa shape index (κ2) is 5.59. The Labute approximate surface area is 106 Å². The maximum atomic E-state index is 9.75. The minimum Gasteiger partial charge on any atom is -0.391 e. The molecule has 1 aromatic carbocycles. The molecule has 96 valence electrons. The monoisotopic (exact) mass is 247 g/mol. The number of aliphatic hydroxyl groups is 1. The van der Waals surface area contributed by atoms with Crippen molar-refractivity contribution in [3.8, 4) is 5.69 Å². The Morgan fingerprint density at radius 1 is 1.28 bits per heavy atom. The summed E-state index contributed by atoms with van der Waals surface area (Å²) in [6, 6.07) is 9.61. The van der Waals surface area contributed by atoms with Gasteiger partial charge < -0.3 is 10.4 Å². The van der Waals surface area contributed by atoms with E-state index in [1.54, 1.807) is 4.68 Å². The third-order valence-electron chi connectivity index (χ3n) is 2.71. The van der Waals surface area contributed by atoms with Crippen molar-refractivity contribution in [3.05, 3.63) is 30.3 Å². The smallest absolute Gasteiger partial charge is 0.247 e. The van der Waals surface area contributed by atoms with E-state index in [9.17, 15) is 5.11 Å². The van der Waals surface area contributed by atoms with Crippen LogP contribution in [0.2, 0.25) is 0 Å². The van der Waals surface area contributed by atoms with Crippen LogP contribution >= 0.6 is 0 Å². The van der Waals surface area contributed by atoms with Gasteiger partial charge in [-0.1, -0.05) is 37.1 Å². The molecule has 2 N–H and O–H groups in total. The van der Waals surface area contributed by atoms with Crippen LogP contribution in [0.4, 0.5) is 5.95 Å². The van der Waals surface area contributed by atoms with Gasteiger partial charge in [0.1, 0.15) is 0 Å². The van der Waals surface area contributed by atoms with Crippen molar-refractivity contribution in [1.29, 1.82) is 0 Å². The van der Waals surface area contributed by atoms with E-state index in [1.807, 2.05) is 44.2 Å². The number of nitrogens with one attached hydrogen (secondary N) is 1. The van der Waals surface area contributed by atoms with Crippen molar-refractivity contribution in [3.63, 3.8) is 0 Å². The van der Waals surface area contributed by atoms with E-state index in [0.29, 0.717) is 12.5 Å². The van der Waals surface area contributed by atoms with Gasteiger partial charge in [0.05, 0.1) is 11.8 Å². The lowest BCUT2D eigenvalue weighted by molar-refractivity contribution is 0.137. The van der Waals surface area contributed by atoms with Crippen LogP contribution in [-0.2, 0) is 0 Å². The number of aliphatic hydroxyl groups excluding tert-OH is 1. The topological polar surface area (TPSA) is 75.9 Å². The van der Waals surface area contributed by atoms with Crippen LogP contribution in [0.3, 0.4) is 0 Å². The molecule has 2 aromatic rings. The van der Waals surface area contributed by atoms with Gasteiger partial charge in [-0.25, -0.2) is 0 Å². The van der Waals surface area contributed by atoms with Gasteiger partial charge in [-0.15, -0.1) is 0 Å². The number of aromatic nitrogens is 4. The molecule has 1 atom stereocenters. The highest BCUT2D eigenvalue weighted by atomic mass is 16.3. The van der Waals surface area contributed by atoms with Gasteiger partial charge in [-0.05, 0) is 28.5 Å². The zero-order valence-electron chi connectivity index (χ0n) is 10.5. The molecule has 18 heavy (non-hydrogen) atoms. The van der Waals surface area contributed by atoms with Gasteiger partial charge in [0.15, 0.2) is 0 Å². The number of hydrogen-bond acceptors (Lipinski definition) is 5. The van der Waals surface area contributed by atoms with E-state index >= 15 is 0 Å². The minimum atomic E-state index is -0.425. The second-order valence-electron chi connectivity index (χ2n) is 4.44. The van der Waals surface area contributed by atoms with Gasteiger partial charge in [0.25, 0.3) is 0 Å². The Kier molecular flexibility index (Phi) is 3.88. The molecule has 0 spiro atoms. The van der Waals surface area contributed by atoms with E-state index in [1.165, 1.54) is 0 Å². The molecule has 0 fully saturated rings. The standard InChI is InChI=1S/C12H17N5O/c1-9(2)11(18)8-13-12-14-15-16-17(12)10-6-4-3-5-7-10/h3-7,9,11,18H,8H2,1-2H3,(H,13,14,16). The number of rotatable bonds is 5. The first-order valence-electron chi connectivity index (χ1n) is 5.94. The van der Waals surface area contributed by atoms with Gasteiger partial charge in [-0.3, -0.25) is 0 Å². The van der Waals surface area contributed by atoms with Crippen molar-refractivity contribution < 1.29 is 5.11 Å². The molecule has 0 aliphatic carbocycles. The third kappa shape index (κ3) is 2.84. The zero-order valence-corrected chi connectivity index (χ0v) is 10.5. The van der Waals surface area contributed by atoms with E-state index in [0.717, 1.165) is 5.69 Å². The summed E-state index contributed by atoms with van der Waals surface area (Å²) in [6.45, 7) is 4.35. The van der Waals surface area contributed by atoms with Gasteiger partial charge in [0, 0.05) is 6.54 Å². The first kappa shape index (κ1) is 12.5. The molecule has 0 radical (unpaired) electrons. The summed E-state index contributed by atoms with van der Waals surface area (Å²) in [6.07, 6.45) is -0.425. The molecule has 1 heterocycles. The molecular weight excluding hydrogens is 230 g/mol. The van der Waals surface area contributed by atoms with Crippen LogP contribution < -0.4 is 5.32 Å². The van der Waals surface area contributed by atoms with Crippen molar-refractivity contribution in [2.75, 3.05) is 11.9 Å². The van der Waals surface area contributed by atoms with Crippen molar-refractivity contribution >= 4 is 5.95 Å². The number of nitrogens with zero attached hydrogens (tertiary/aromatic N) is 4. The molecule has 0 aliphatic rings. The first-order valence-corrected chi connectivity index (χ1v) is 5.94. The molecule has 0 aliphatic heterocycles. The normalized spacial score (nSPS) is 12.7. The van der Waals surface area contributed by atoms with Gasteiger partial charge in [0.2, 0.25) is 5.95 Å². The lowest BCUT2D eigenvalue weighted by Crippen LogP contribution is -2.25. The highest BCUT2D eigenvalue weighted by Gasteiger charge is 2.12. The molecule has 0 saturated heterocycles. The molecule has 0 bridgehead atoms. The van der Waals surface area contributed by atoms with E-state index in [-0.39, 0.29) is 5.92 Å². The SMILES string of the molecule is CC(C)C(O)CNc1nnnn1-c1ccccc1. The van der Waals surface area contributed by atoms with Crippen LogP contribution in [0.5, 0.6) is 0 Å². The van der Waals surface area contributed by atoms with Gasteiger partial charge >= 0.3 is 0 Å². The summed E-state index contributed by atoms with van der Waals surface area (Å²) in [5.41, 5.74) is 0.879. The third-order valence-corrected chi connectivity index (χ3v) is 2.71. The summed E-state index contributed by atoms with van der Waals surface area (Å²) in [5, 5.41) is 24.3. The lowest BCUT2D eigenvalue weighted by atomic mass is 10.1. The summed E-state index contributed by atoms with van der Waals surface area (Å²) in [4.78, 5) is 0. The minimum absolute atomic E-state index is 0.193. The molecule has 0 amide bonds. The Bertz CT molecular complexity index is 482. The Hall–Kier alpha value is -1.95. The molecule has 1 unspecified atom stereocenters. The Morgan fingerprint density at radius 3 is 2.67 bits per heavy atom. The summed E-state index contributed by atoms with van der Waals surface area (Å²) in [7, 11) is 0. The van der Waals surface area contributed by atoms with Gasteiger partial charge in [-0.2, -0.15) is 4.68 Å². The summed E-state index contributed by atoms with van der Waals surface area (Å²) < 4.78 is 1.60. The van der Waals surface area contributed by atoms with Crippen LogP contribution in [0.25, 0.3) is 5.69 Å². The quantitative estimate of drug-likeness (QED) is 0.827. The highest BCUT2D eigenvalue weighted by Crippen LogP contribution is 2.11. The highest BCUT2D eigenvalue weighted by molar-refractivity contribution is 5.38. The van der Waals surface area contributed by atoms with Crippen molar-refractivity contribution in [2.45, 2.75) is 20.0 Å².